The van der Waals surface area contributed by atoms with E-state index in [9.17, 15) is 43.8 Å². The highest BCUT2D eigenvalue weighted by Gasteiger charge is 2.41. The quantitative estimate of drug-likeness (QED) is 0.0333. The third-order valence-electron chi connectivity index (χ3n) is 6.58. The molecule has 0 spiro atoms. The number of aliphatic carboxylic acids is 2. The van der Waals surface area contributed by atoms with Crippen molar-refractivity contribution >= 4 is 59.2 Å². The molecule has 0 unspecified atom stereocenters. The molecule has 1 aliphatic heterocycles. The van der Waals surface area contributed by atoms with Gasteiger partial charge in [-0.2, -0.15) is 11.8 Å². The van der Waals surface area contributed by atoms with E-state index in [1.54, 1.807) is 0 Å². The van der Waals surface area contributed by atoms with Crippen LogP contribution in [0.5, 0.6) is 0 Å². The number of nitrogens with two attached hydrogens (primary N) is 3. The summed E-state index contributed by atoms with van der Waals surface area (Å²) < 4.78 is 0. The number of carbonyl (C=O) groups is 7. The molecule has 254 valence electrons. The molecule has 0 radical (unpaired) electrons. The molecule has 20 heteroatoms. The van der Waals surface area contributed by atoms with Gasteiger partial charge in [0.1, 0.15) is 24.2 Å². The van der Waals surface area contributed by atoms with E-state index in [1.807, 2.05) is 6.26 Å². The number of guanidine groups is 1. The van der Waals surface area contributed by atoms with Gasteiger partial charge in [0.15, 0.2) is 5.96 Å². The van der Waals surface area contributed by atoms with Gasteiger partial charge in [0, 0.05) is 25.9 Å². The molecule has 5 atom stereocenters. The van der Waals surface area contributed by atoms with Gasteiger partial charge in [-0.3, -0.25) is 33.8 Å². The highest BCUT2D eigenvalue weighted by Crippen LogP contribution is 2.20. The van der Waals surface area contributed by atoms with Crippen molar-refractivity contribution in [1.29, 1.82) is 0 Å². The number of hydrogen-bond donors (Lipinski definition) is 10. The summed E-state index contributed by atoms with van der Waals surface area (Å²) in [4.78, 5) is 91.2. The van der Waals surface area contributed by atoms with Gasteiger partial charge >= 0.3 is 11.9 Å². The molecule has 1 fully saturated rings. The minimum Gasteiger partial charge on any atom is -0.481 e. The molecule has 5 amide bonds. The first-order valence-electron chi connectivity index (χ1n) is 14.0. The number of nitrogens with zero attached hydrogens (tertiary/aromatic N) is 2. The Morgan fingerprint density at radius 3 is 2.20 bits per heavy atom. The molecular weight excluding hydrogens is 618 g/mol. The molecule has 45 heavy (non-hydrogen) atoms. The van der Waals surface area contributed by atoms with Crippen LogP contribution < -0.4 is 38.5 Å². The summed E-state index contributed by atoms with van der Waals surface area (Å²) in [7, 11) is 0. The minimum absolute atomic E-state index is 0.0655. The zero-order chi connectivity index (χ0) is 34.1. The molecule has 0 aromatic carbocycles. The number of likely N-dealkylation sites (tertiary alicyclic amines) is 1. The first-order valence-corrected chi connectivity index (χ1v) is 15.4. The van der Waals surface area contributed by atoms with E-state index >= 15 is 0 Å². The summed E-state index contributed by atoms with van der Waals surface area (Å²) in [5.74, 6) is -6.17. The highest BCUT2D eigenvalue weighted by atomic mass is 32.2. The van der Waals surface area contributed by atoms with Crippen molar-refractivity contribution in [2.75, 3.05) is 38.2 Å². The van der Waals surface area contributed by atoms with E-state index in [0.717, 1.165) is 4.90 Å². The highest BCUT2D eigenvalue weighted by molar-refractivity contribution is 7.98. The van der Waals surface area contributed by atoms with Crippen LogP contribution in [0.4, 0.5) is 0 Å². The number of β-amino-alcohol motifs (C(OH)–C–C–N with tert-alkyl or cyclic N) is 1. The summed E-state index contributed by atoms with van der Waals surface area (Å²) in [5.41, 5.74) is 15.8. The van der Waals surface area contributed by atoms with Gasteiger partial charge in [-0.05, 0) is 37.7 Å². The van der Waals surface area contributed by atoms with Gasteiger partial charge in [-0.25, -0.2) is 4.79 Å². The summed E-state index contributed by atoms with van der Waals surface area (Å²) in [6.45, 7) is -1.13. The maximum Gasteiger partial charge on any atom is 0.326 e. The molecule has 1 rings (SSSR count). The summed E-state index contributed by atoms with van der Waals surface area (Å²) in [6.07, 6.45) is 0.0778. The standard InChI is InChI=1S/C25H43N9O10S/c1-45-8-6-15(32-18(36)10-26)23(42)34-12-13(35)9-17(34)22(41)30-11-19(37)31-14(4-5-20(38)39)21(40)33-16(24(43)44)3-2-7-29-25(27)28/h13-17,35H,2-12,26H2,1H3,(H,30,41)(H,31,37)(H,32,36)(H,33,40)(H,38,39)(H,43,44)(H4,27,28,29)/t13-,14+,15+,16+,17+/m1/s1. The van der Waals surface area contributed by atoms with Crippen molar-refractivity contribution in [2.45, 2.75) is 68.8 Å². The largest absolute Gasteiger partial charge is 0.481 e. The Balaban J connectivity index is 2.89. The second kappa shape index (κ2) is 20.0. The lowest BCUT2D eigenvalue weighted by Crippen LogP contribution is -2.56. The average molecular weight is 662 g/mol. The normalized spacial score (nSPS) is 17.7. The zero-order valence-electron chi connectivity index (χ0n) is 24.9. The smallest absolute Gasteiger partial charge is 0.326 e. The predicted octanol–water partition coefficient (Wildman–Crippen LogP) is -4.77. The van der Waals surface area contributed by atoms with Crippen LogP contribution in [-0.2, 0) is 33.6 Å². The molecule has 1 aliphatic rings. The average Bonchev–Trinajstić information content (AvgIpc) is 3.38. The van der Waals surface area contributed by atoms with Gasteiger partial charge in [0.25, 0.3) is 0 Å². The third kappa shape index (κ3) is 14.4. The van der Waals surface area contributed by atoms with E-state index in [0.29, 0.717) is 5.75 Å². The molecule has 19 nitrogen and oxygen atoms in total. The molecular formula is C25H43N9O10S. The van der Waals surface area contributed by atoms with Crippen molar-refractivity contribution in [3.63, 3.8) is 0 Å². The van der Waals surface area contributed by atoms with Gasteiger partial charge in [-0.15, -0.1) is 0 Å². The Kier molecular flexibility index (Phi) is 17.2. The summed E-state index contributed by atoms with van der Waals surface area (Å²) in [5, 5.41) is 38.1. The SMILES string of the molecule is CSCC[C@H](NC(=O)CN)C(=O)N1C[C@H](O)C[C@H]1C(=O)NCC(=O)N[C@@H](CCC(=O)O)C(=O)N[C@@H](CCCN=C(N)N)C(=O)O. The molecule has 1 heterocycles. The van der Waals surface area contributed by atoms with Crippen LogP contribution in [0.25, 0.3) is 0 Å². The monoisotopic (exact) mass is 661 g/mol. The molecule has 1 saturated heterocycles. The number of nitrogens with one attached hydrogen (secondary N) is 4. The van der Waals surface area contributed by atoms with Crippen LogP contribution in [-0.4, -0.2) is 136 Å². The van der Waals surface area contributed by atoms with Crippen LogP contribution in [0.1, 0.15) is 38.5 Å². The first-order chi connectivity index (χ1) is 21.2. The van der Waals surface area contributed by atoms with E-state index in [-0.39, 0.29) is 57.7 Å². The van der Waals surface area contributed by atoms with Crippen molar-refractivity contribution in [2.24, 2.45) is 22.2 Å². The summed E-state index contributed by atoms with van der Waals surface area (Å²) in [6, 6.07) is -5.01. The Labute approximate surface area is 263 Å². The number of thioether (sulfide) groups is 1. The lowest BCUT2D eigenvalue weighted by molar-refractivity contribution is -0.143. The van der Waals surface area contributed by atoms with E-state index in [2.05, 4.69) is 26.3 Å². The fraction of sp³-hybridized carbons (Fsp3) is 0.680. The second-order valence-corrected chi connectivity index (χ2v) is 11.1. The minimum atomic E-state index is -1.46. The van der Waals surface area contributed by atoms with Gasteiger partial charge in [-0.1, -0.05) is 0 Å². The van der Waals surface area contributed by atoms with Crippen LogP contribution in [0.15, 0.2) is 4.99 Å². The van der Waals surface area contributed by atoms with Gasteiger partial charge in [0.2, 0.25) is 29.5 Å². The fourth-order valence-electron chi connectivity index (χ4n) is 4.35. The van der Waals surface area contributed by atoms with E-state index < -0.39 is 84.7 Å². The Bertz CT molecular complexity index is 1110. The topological polar surface area (TPSA) is 322 Å². The number of rotatable bonds is 20. The number of amides is 5. The van der Waals surface area contributed by atoms with Crippen molar-refractivity contribution in [3.8, 4) is 0 Å². The number of aliphatic imine (C=N–C) groups is 1. The van der Waals surface area contributed by atoms with Crippen LogP contribution in [0.2, 0.25) is 0 Å². The van der Waals surface area contributed by atoms with Gasteiger partial charge < -0.3 is 58.7 Å². The van der Waals surface area contributed by atoms with E-state index in [1.165, 1.54) is 11.8 Å². The number of hydrogen-bond acceptors (Lipinski definition) is 11. The lowest BCUT2D eigenvalue weighted by Gasteiger charge is -2.28. The number of carboxylic acids is 2. The Morgan fingerprint density at radius 1 is 0.956 bits per heavy atom. The number of carbonyl (C=O) groups excluding carboxylic acids is 5. The van der Waals surface area contributed by atoms with Crippen LogP contribution in [0, 0.1) is 0 Å². The van der Waals surface area contributed by atoms with Crippen molar-refractivity contribution in [3.05, 3.63) is 0 Å². The number of carboxylic acid groups (broad SMARTS) is 2. The fourth-order valence-corrected chi connectivity index (χ4v) is 4.82. The summed E-state index contributed by atoms with van der Waals surface area (Å²) >= 11 is 1.44. The lowest BCUT2D eigenvalue weighted by atomic mass is 10.1. The first kappa shape index (κ1) is 38.9. The Hall–Kier alpha value is -4.17. The molecule has 0 aliphatic carbocycles. The maximum absolute atomic E-state index is 13.2. The number of aliphatic hydroxyl groups is 1. The van der Waals surface area contributed by atoms with E-state index in [4.69, 9.17) is 22.3 Å². The molecule has 13 N–H and O–H groups in total. The third-order valence-corrected chi connectivity index (χ3v) is 7.22. The molecule has 0 aromatic heterocycles. The van der Waals surface area contributed by atoms with Crippen molar-refractivity contribution < 1.29 is 48.9 Å². The molecule has 0 aromatic rings. The van der Waals surface area contributed by atoms with Crippen LogP contribution >= 0.6 is 11.8 Å². The van der Waals surface area contributed by atoms with Crippen molar-refractivity contribution in [1.82, 2.24) is 26.2 Å². The predicted molar refractivity (Wildman–Crippen MR) is 161 cm³/mol. The maximum atomic E-state index is 13.2. The number of aliphatic hydroxyl groups excluding tert-OH is 1. The van der Waals surface area contributed by atoms with Crippen LogP contribution in [0.3, 0.4) is 0 Å². The zero-order valence-corrected chi connectivity index (χ0v) is 25.7. The second-order valence-electron chi connectivity index (χ2n) is 10.1. The molecule has 0 bridgehead atoms. The molecule has 0 saturated carbocycles. The van der Waals surface area contributed by atoms with Gasteiger partial charge in [0.05, 0.1) is 19.2 Å². The Morgan fingerprint density at radius 2 is 1.62 bits per heavy atom.